The van der Waals surface area contributed by atoms with Crippen molar-refractivity contribution in [2.45, 2.75) is 51.7 Å². The third-order valence-corrected chi connectivity index (χ3v) is 4.62. The molecule has 3 N–H and O–H groups in total. The van der Waals surface area contributed by atoms with Gasteiger partial charge in [-0.1, -0.05) is 6.42 Å². The van der Waals surface area contributed by atoms with Crippen LogP contribution in [0.4, 0.5) is 10.5 Å². The van der Waals surface area contributed by atoms with Crippen LogP contribution in [0.3, 0.4) is 0 Å². The number of hydrogen-bond donors (Lipinski definition) is 3. The van der Waals surface area contributed by atoms with Crippen LogP contribution in [0, 0.1) is 5.92 Å². The van der Waals surface area contributed by atoms with Crippen LogP contribution < -0.4 is 10.6 Å². The van der Waals surface area contributed by atoms with Gasteiger partial charge in [-0.2, -0.15) is 5.10 Å². The smallest absolute Gasteiger partial charge is 0.319 e. The molecule has 24 heavy (non-hydrogen) atoms. The zero-order chi connectivity index (χ0) is 17.1. The largest absolute Gasteiger partial charge is 0.393 e. The first-order valence-electron chi connectivity index (χ1n) is 8.73. The first-order chi connectivity index (χ1) is 11.5. The number of carbonyl (C=O) groups excluding carboxylic acids is 1. The van der Waals surface area contributed by atoms with Crippen molar-refractivity contribution >= 4 is 22.6 Å². The molecule has 1 saturated carbocycles. The molecule has 1 aromatic carbocycles. The number of aliphatic hydroxyl groups excluding tert-OH is 1. The number of aliphatic hydroxyl groups is 1. The van der Waals surface area contributed by atoms with Crippen LogP contribution in [0.25, 0.3) is 10.9 Å². The molecule has 1 heterocycles. The van der Waals surface area contributed by atoms with Crippen LogP contribution in [-0.2, 0) is 0 Å². The minimum Gasteiger partial charge on any atom is -0.393 e. The summed E-state index contributed by atoms with van der Waals surface area (Å²) < 4.78 is 1.92. The van der Waals surface area contributed by atoms with E-state index < -0.39 is 0 Å². The Morgan fingerprint density at radius 1 is 1.42 bits per heavy atom. The first kappa shape index (κ1) is 16.8. The predicted molar refractivity (Wildman–Crippen MR) is 95.1 cm³/mol. The third kappa shape index (κ3) is 4.06. The van der Waals surface area contributed by atoms with E-state index in [9.17, 15) is 9.90 Å². The van der Waals surface area contributed by atoms with Gasteiger partial charge in [-0.3, -0.25) is 4.68 Å². The molecule has 1 aliphatic rings. The molecule has 0 spiro atoms. The van der Waals surface area contributed by atoms with Crippen LogP contribution in [0.15, 0.2) is 24.4 Å². The van der Waals surface area contributed by atoms with Crippen molar-refractivity contribution in [3.8, 4) is 0 Å². The quantitative estimate of drug-likeness (QED) is 0.805. The molecule has 2 atom stereocenters. The average Bonchev–Trinajstić information content (AvgIpc) is 2.97. The fraction of sp³-hybridized carbons (Fsp3) is 0.556. The molecule has 0 bridgehead atoms. The number of aromatic nitrogens is 2. The second-order valence-corrected chi connectivity index (χ2v) is 7.00. The van der Waals surface area contributed by atoms with Crippen LogP contribution >= 0.6 is 0 Å². The molecular formula is C18H26N4O2. The maximum Gasteiger partial charge on any atom is 0.319 e. The summed E-state index contributed by atoms with van der Waals surface area (Å²) in [4.78, 5) is 12.1. The fourth-order valence-electron chi connectivity index (χ4n) is 3.25. The van der Waals surface area contributed by atoms with E-state index in [1.54, 1.807) is 0 Å². The van der Waals surface area contributed by atoms with Gasteiger partial charge in [0.15, 0.2) is 0 Å². The van der Waals surface area contributed by atoms with E-state index in [4.69, 9.17) is 0 Å². The molecule has 0 aliphatic heterocycles. The fourth-order valence-corrected chi connectivity index (χ4v) is 3.25. The second kappa shape index (κ2) is 7.21. The molecule has 0 radical (unpaired) electrons. The molecule has 1 aromatic heterocycles. The van der Waals surface area contributed by atoms with Gasteiger partial charge >= 0.3 is 6.03 Å². The molecule has 0 saturated heterocycles. The van der Waals surface area contributed by atoms with Gasteiger partial charge in [0.2, 0.25) is 0 Å². The van der Waals surface area contributed by atoms with Crippen molar-refractivity contribution in [2.75, 3.05) is 11.9 Å². The molecule has 6 heteroatoms. The van der Waals surface area contributed by atoms with Gasteiger partial charge in [-0.15, -0.1) is 0 Å². The Balaban J connectivity index is 1.56. The summed E-state index contributed by atoms with van der Waals surface area (Å²) in [5.74, 6) is 0.367. The van der Waals surface area contributed by atoms with Crippen molar-refractivity contribution in [1.29, 1.82) is 0 Å². The highest BCUT2D eigenvalue weighted by Crippen LogP contribution is 2.23. The number of carbonyl (C=O) groups is 1. The maximum atomic E-state index is 12.1. The van der Waals surface area contributed by atoms with E-state index in [1.807, 2.05) is 29.1 Å². The Kier molecular flexibility index (Phi) is 5.04. The molecule has 2 aromatic rings. The summed E-state index contributed by atoms with van der Waals surface area (Å²) >= 11 is 0. The number of hydrogen-bond acceptors (Lipinski definition) is 3. The zero-order valence-electron chi connectivity index (χ0n) is 14.3. The highest BCUT2D eigenvalue weighted by atomic mass is 16.3. The highest BCUT2D eigenvalue weighted by molar-refractivity contribution is 5.92. The standard InChI is InChI=1S/C18H26N4O2/c1-12(2)22-11-14-9-15(6-7-17(14)21-22)20-18(24)19-10-13-4-3-5-16(23)8-13/h6-7,9,11-13,16,23H,3-5,8,10H2,1-2H3,(H2,19,20,24). The average molecular weight is 330 g/mol. The van der Waals surface area contributed by atoms with Crippen LogP contribution in [0.1, 0.15) is 45.6 Å². The molecule has 6 nitrogen and oxygen atoms in total. The summed E-state index contributed by atoms with van der Waals surface area (Å²) in [7, 11) is 0. The van der Waals surface area contributed by atoms with Crippen LogP contribution in [0.2, 0.25) is 0 Å². The molecule has 3 rings (SSSR count). The lowest BCUT2D eigenvalue weighted by molar-refractivity contribution is 0.101. The monoisotopic (exact) mass is 330 g/mol. The maximum absolute atomic E-state index is 12.1. The Labute approximate surface area is 142 Å². The minimum atomic E-state index is -0.214. The lowest BCUT2D eigenvalue weighted by atomic mass is 9.87. The lowest BCUT2D eigenvalue weighted by Gasteiger charge is -2.25. The normalized spacial score (nSPS) is 21.2. The van der Waals surface area contributed by atoms with Gasteiger partial charge in [0.05, 0.1) is 11.6 Å². The first-order valence-corrected chi connectivity index (χ1v) is 8.73. The summed E-state index contributed by atoms with van der Waals surface area (Å²) in [5, 5.41) is 21.0. The Hall–Kier alpha value is -2.08. The molecule has 1 fully saturated rings. The highest BCUT2D eigenvalue weighted by Gasteiger charge is 2.20. The van der Waals surface area contributed by atoms with Crippen molar-refractivity contribution in [2.24, 2.45) is 5.92 Å². The van der Waals surface area contributed by atoms with E-state index >= 15 is 0 Å². The number of amides is 2. The van der Waals surface area contributed by atoms with Gasteiger partial charge in [0.25, 0.3) is 0 Å². The molecule has 1 aliphatic carbocycles. The van der Waals surface area contributed by atoms with E-state index in [0.717, 1.165) is 42.3 Å². The van der Waals surface area contributed by atoms with Crippen molar-refractivity contribution < 1.29 is 9.90 Å². The van der Waals surface area contributed by atoms with Crippen molar-refractivity contribution in [1.82, 2.24) is 15.1 Å². The number of nitrogens with zero attached hydrogens (tertiary/aromatic N) is 2. The molecular weight excluding hydrogens is 304 g/mol. The topological polar surface area (TPSA) is 79.2 Å². The summed E-state index contributed by atoms with van der Waals surface area (Å²) in [5.41, 5.74) is 1.68. The summed E-state index contributed by atoms with van der Waals surface area (Å²) in [6.07, 6.45) is 5.54. The van der Waals surface area contributed by atoms with Gasteiger partial charge in [-0.25, -0.2) is 4.79 Å². The predicted octanol–water partition coefficient (Wildman–Crippen LogP) is 3.29. The number of anilines is 1. The molecule has 130 valence electrons. The number of benzene rings is 1. The molecule has 2 amide bonds. The summed E-state index contributed by atoms with van der Waals surface area (Å²) in [6.45, 7) is 4.78. The van der Waals surface area contributed by atoms with E-state index in [-0.39, 0.29) is 12.1 Å². The van der Waals surface area contributed by atoms with E-state index in [1.165, 1.54) is 0 Å². The van der Waals surface area contributed by atoms with Gasteiger partial charge in [0.1, 0.15) is 0 Å². The number of rotatable bonds is 4. The summed E-state index contributed by atoms with van der Waals surface area (Å²) in [6, 6.07) is 5.82. The SMILES string of the molecule is CC(C)n1cc2cc(NC(=O)NCC3CCCC(O)C3)ccc2n1. The van der Waals surface area contributed by atoms with Crippen molar-refractivity contribution in [3.63, 3.8) is 0 Å². The van der Waals surface area contributed by atoms with E-state index in [2.05, 4.69) is 29.6 Å². The molecule has 2 unspecified atom stereocenters. The van der Waals surface area contributed by atoms with E-state index in [0.29, 0.717) is 18.5 Å². The Morgan fingerprint density at radius 3 is 3.00 bits per heavy atom. The number of fused-ring (bicyclic) bond motifs is 1. The lowest BCUT2D eigenvalue weighted by Crippen LogP contribution is -2.35. The Morgan fingerprint density at radius 2 is 2.25 bits per heavy atom. The van der Waals surface area contributed by atoms with Crippen LogP contribution in [-0.4, -0.2) is 33.6 Å². The van der Waals surface area contributed by atoms with Crippen molar-refractivity contribution in [3.05, 3.63) is 24.4 Å². The minimum absolute atomic E-state index is 0.203. The van der Waals surface area contributed by atoms with Gasteiger partial charge in [0, 0.05) is 29.9 Å². The Bertz CT molecular complexity index is 710. The van der Waals surface area contributed by atoms with Gasteiger partial charge < -0.3 is 15.7 Å². The number of nitrogens with one attached hydrogen (secondary N) is 2. The van der Waals surface area contributed by atoms with Gasteiger partial charge in [-0.05, 0) is 57.2 Å². The zero-order valence-corrected chi connectivity index (χ0v) is 14.3. The second-order valence-electron chi connectivity index (χ2n) is 7.00. The third-order valence-electron chi connectivity index (χ3n) is 4.62. The van der Waals surface area contributed by atoms with Crippen LogP contribution in [0.5, 0.6) is 0 Å². The number of urea groups is 1.